The van der Waals surface area contributed by atoms with Crippen molar-refractivity contribution in [2.24, 2.45) is 11.8 Å². The van der Waals surface area contributed by atoms with E-state index in [1.165, 1.54) is 0 Å². The summed E-state index contributed by atoms with van der Waals surface area (Å²) in [7, 11) is -11.9. The Morgan fingerprint density at radius 2 is 0.758 bits per heavy atom. The van der Waals surface area contributed by atoms with Crippen molar-refractivity contribution in [1.82, 2.24) is 8.61 Å². The third-order valence-electron chi connectivity index (χ3n) is 16.7. The van der Waals surface area contributed by atoms with Crippen molar-refractivity contribution in [3.63, 3.8) is 0 Å². The molecule has 2 fully saturated rings. The van der Waals surface area contributed by atoms with Crippen LogP contribution in [0, 0.1) is 48.3 Å². The molecule has 66 heavy (non-hydrogen) atoms. The molecule has 2 aliphatic heterocycles. The molecule has 4 rings (SSSR count). The van der Waals surface area contributed by atoms with Crippen LogP contribution in [0.3, 0.4) is 0 Å². The summed E-state index contributed by atoms with van der Waals surface area (Å²) in [5.41, 5.74) is 5.30. The van der Waals surface area contributed by atoms with Gasteiger partial charge in [0.15, 0.2) is 0 Å². The molecule has 2 aromatic carbocycles. The van der Waals surface area contributed by atoms with Crippen LogP contribution in [0.2, 0.25) is 33.2 Å². The smallest absolute Gasteiger partial charge is 0.207 e. The summed E-state index contributed by atoms with van der Waals surface area (Å²) >= 11 is 0. The summed E-state index contributed by atoms with van der Waals surface area (Å²) in [6.07, 6.45) is 2.66. The molecule has 0 saturated carbocycles. The normalized spacial score (nSPS) is 21.2. The molecule has 0 aromatic heterocycles. The van der Waals surface area contributed by atoms with Crippen LogP contribution in [-0.2, 0) is 20.0 Å². The Kier molecular flexibility index (Phi) is 19.0. The molecule has 0 radical (unpaired) electrons. The first-order valence-corrected chi connectivity index (χ1v) is 32.4. The zero-order valence-electron chi connectivity index (χ0n) is 44.7. The summed E-state index contributed by atoms with van der Waals surface area (Å²) in [5.74, 6) is 0.0331. The monoisotopic (exact) mass is 977 g/mol. The molecular formula is C54H88N4O4S2Si2. The first kappa shape index (κ1) is 57.5. The Hall–Kier alpha value is -2.85. The van der Waals surface area contributed by atoms with E-state index in [-0.39, 0.29) is 11.8 Å². The third-order valence-corrected chi connectivity index (χ3v) is 34.6. The van der Waals surface area contributed by atoms with Crippen LogP contribution in [0.25, 0.3) is 0 Å². The first-order valence-electron chi connectivity index (χ1n) is 25.1. The number of benzene rings is 2. The van der Waals surface area contributed by atoms with Crippen LogP contribution in [0.1, 0.15) is 161 Å². The van der Waals surface area contributed by atoms with Crippen LogP contribution in [0.4, 0.5) is 0 Å². The van der Waals surface area contributed by atoms with E-state index in [0.717, 1.165) is 32.7 Å². The molecule has 2 atom stereocenters. The van der Waals surface area contributed by atoms with E-state index in [4.69, 9.17) is 0 Å². The molecule has 2 aliphatic rings. The SMILES string of the molecule is CCC1(CC)/C(=C(\C#N)[Si](C(C)C)(C(C)C)C(C)C)[C@H](C)CN1S(=O)(=O)c1ccc(C)cc1.CCC1(CC)/C(=C(\C#N)[Si](C(C)C)(C(C)C)C(C)C)[C@H](C)CN1S(=O)(=O)c1ccc(C)cc1. The van der Waals surface area contributed by atoms with Gasteiger partial charge in [0.1, 0.15) is 16.1 Å². The van der Waals surface area contributed by atoms with Crippen LogP contribution < -0.4 is 0 Å². The largest absolute Gasteiger partial charge is 0.243 e. The van der Waals surface area contributed by atoms with Crippen LogP contribution >= 0.6 is 0 Å². The van der Waals surface area contributed by atoms with Gasteiger partial charge in [-0.3, -0.25) is 0 Å². The highest BCUT2D eigenvalue weighted by molar-refractivity contribution is 7.89. The van der Waals surface area contributed by atoms with Crippen molar-refractivity contribution < 1.29 is 16.8 Å². The molecule has 0 spiro atoms. The summed E-state index contributed by atoms with van der Waals surface area (Å²) in [6.45, 7) is 44.6. The maximum absolute atomic E-state index is 14.0. The fraction of sp³-hybridized carbons (Fsp3) is 0.667. The summed E-state index contributed by atoms with van der Waals surface area (Å²) in [4.78, 5) is 0.679. The average Bonchev–Trinajstić information content (AvgIpc) is 3.72. The maximum atomic E-state index is 14.0. The number of sulfonamides is 2. The number of hydrogen-bond acceptors (Lipinski definition) is 6. The molecule has 0 bridgehead atoms. The Bertz CT molecular complexity index is 2150. The minimum Gasteiger partial charge on any atom is -0.207 e. The highest BCUT2D eigenvalue weighted by Crippen LogP contribution is 2.56. The zero-order chi connectivity index (χ0) is 50.7. The highest BCUT2D eigenvalue weighted by atomic mass is 32.2. The van der Waals surface area contributed by atoms with Crippen molar-refractivity contribution in [2.45, 2.75) is 218 Å². The van der Waals surface area contributed by atoms with E-state index in [1.54, 1.807) is 32.9 Å². The van der Waals surface area contributed by atoms with E-state index >= 15 is 0 Å². The fourth-order valence-corrected chi connectivity index (χ4v) is 31.7. The lowest BCUT2D eigenvalue weighted by Crippen LogP contribution is -2.51. The van der Waals surface area contributed by atoms with Crippen molar-refractivity contribution in [3.05, 3.63) is 81.2 Å². The molecule has 0 aliphatic carbocycles. The van der Waals surface area contributed by atoms with Gasteiger partial charge in [-0.05, 0) is 120 Å². The molecule has 2 heterocycles. The minimum atomic E-state index is -3.70. The van der Waals surface area contributed by atoms with Gasteiger partial charge in [0.05, 0.1) is 33.0 Å². The molecule has 0 unspecified atom stereocenters. The Labute approximate surface area is 406 Å². The molecule has 8 nitrogen and oxygen atoms in total. The van der Waals surface area contributed by atoms with Gasteiger partial charge >= 0.3 is 0 Å². The Morgan fingerprint density at radius 3 is 0.939 bits per heavy atom. The van der Waals surface area contributed by atoms with Crippen LogP contribution in [-0.4, -0.2) is 65.8 Å². The predicted octanol–water partition coefficient (Wildman–Crippen LogP) is 14.5. The average molecular weight is 978 g/mol. The molecular weight excluding hydrogens is 889 g/mol. The highest BCUT2D eigenvalue weighted by Gasteiger charge is 2.59. The van der Waals surface area contributed by atoms with Gasteiger partial charge in [0.25, 0.3) is 0 Å². The molecule has 2 aromatic rings. The molecule has 12 heteroatoms. The Morgan fingerprint density at radius 1 is 0.530 bits per heavy atom. The van der Waals surface area contributed by atoms with E-state index in [9.17, 15) is 27.4 Å². The maximum Gasteiger partial charge on any atom is 0.243 e. The number of rotatable bonds is 16. The van der Waals surface area contributed by atoms with Gasteiger partial charge in [0, 0.05) is 23.5 Å². The van der Waals surface area contributed by atoms with Gasteiger partial charge < -0.3 is 0 Å². The van der Waals surface area contributed by atoms with Gasteiger partial charge in [0.2, 0.25) is 20.0 Å². The summed E-state index contributed by atoms with van der Waals surface area (Å²) in [5, 5.41) is 23.3. The summed E-state index contributed by atoms with van der Waals surface area (Å²) < 4.78 is 59.3. The lowest BCUT2D eigenvalue weighted by Gasteiger charge is -2.46. The van der Waals surface area contributed by atoms with Gasteiger partial charge in [-0.2, -0.15) is 19.1 Å². The van der Waals surface area contributed by atoms with E-state index in [1.807, 2.05) is 38.1 Å². The number of aryl methyl sites for hydroxylation is 2. The van der Waals surface area contributed by atoms with E-state index in [0.29, 0.717) is 81.8 Å². The second kappa shape index (κ2) is 21.8. The minimum absolute atomic E-state index is 0.0166. The number of nitriles is 2. The van der Waals surface area contributed by atoms with Crippen LogP contribution in [0.15, 0.2) is 79.9 Å². The second-order valence-corrected chi connectivity index (χ2v) is 37.0. The third kappa shape index (κ3) is 9.43. The van der Waals surface area contributed by atoms with Crippen molar-refractivity contribution in [2.75, 3.05) is 13.1 Å². The van der Waals surface area contributed by atoms with E-state index < -0.39 is 47.3 Å². The number of nitrogens with zero attached hydrogens (tertiary/aromatic N) is 4. The molecule has 368 valence electrons. The van der Waals surface area contributed by atoms with Crippen LogP contribution in [0.5, 0.6) is 0 Å². The quantitative estimate of drug-likeness (QED) is 0.122. The second-order valence-electron chi connectivity index (χ2n) is 21.6. The standard InChI is InChI=1S/2C27H44N2O2SSi/c2*1-11-27(12-2)26(25(17-28)33(19(3)4,20(5)6)21(7)8)23(10)18-29(27)32(30,31)24-15-13-22(9)14-16-24/h2*13-16,19-21,23H,11-12,18H2,1-10H3/b2*26-25+/t2*23-/m11/s1. The topological polar surface area (TPSA) is 122 Å². The predicted molar refractivity (Wildman–Crippen MR) is 282 cm³/mol. The molecule has 2 saturated heterocycles. The van der Waals surface area contributed by atoms with E-state index in [2.05, 4.69) is 137 Å². The van der Waals surface area contributed by atoms with Crippen molar-refractivity contribution in [3.8, 4) is 12.1 Å². The molecule has 0 N–H and O–H groups in total. The summed E-state index contributed by atoms with van der Waals surface area (Å²) in [6, 6.07) is 19.7. The van der Waals surface area contributed by atoms with Gasteiger partial charge in [-0.1, -0.05) is 160 Å². The zero-order valence-corrected chi connectivity index (χ0v) is 48.4. The van der Waals surface area contributed by atoms with Crippen molar-refractivity contribution in [1.29, 1.82) is 10.5 Å². The lowest BCUT2D eigenvalue weighted by molar-refractivity contribution is 0.257. The van der Waals surface area contributed by atoms with Gasteiger partial charge in [-0.25, -0.2) is 16.8 Å². The Balaban J connectivity index is 0.000000350. The first-order chi connectivity index (χ1) is 30.6. The lowest BCUT2D eigenvalue weighted by atomic mass is 9.82. The molecule has 0 amide bonds. The van der Waals surface area contributed by atoms with Gasteiger partial charge in [-0.15, -0.1) is 0 Å². The van der Waals surface area contributed by atoms with Crippen molar-refractivity contribution >= 4 is 36.2 Å². The fourth-order valence-electron chi connectivity index (χ4n) is 14.0. The number of hydrogen-bond donors (Lipinski definition) is 0. The number of allylic oxidation sites excluding steroid dienone is 2.